The van der Waals surface area contributed by atoms with E-state index < -0.39 is 0 Å². The molecule has 0 unspecified atom stereocenters. The normalized spacial score (nSPS) is 10.7. The number of carbonyl (C=O) groups excluding carboxylic acids is 1. The third kappa shape index (κ3) is 4.16. The van der Waals surface area contributed by atoms with Crippen LogP contribution in [-0.2, 0) is 0 Å². The van der Waals surface area contributed by atoms with E-state index in [9.17, 15) is 4.79 Å². The summed E-state index contributed by atoms with van der Waals surface area (Å²) in [5, 5.41) is 3.14. The quantitative estimate of drug-likeness (QED) is 0.665. The van der Waals surface area contributed by atoms with E-state index in [0.29, 0.717) is 23.0 Å². The van der Waals surface area contributed by atoms with E-state index in [1.54, 1.807) is 30.4 Å². The second-order valence-electron chi connectivity index (χ2n) is 2.96. The number of halogens is 3. The highest BCUT2D eigenvalue weighted by atomic mass is 79.9. The molecule has 1 rings (SSSR count). The molecule has 1 aromatic rings. The van der Waals surface area contributed by atoms with Crippen LogP contribution in [0.25, 0.3) is 0 Å². The van der Waals surface area contributed by atoms with Crippen LogP contribution in [0.4, 0.5) is 0 Å². The molecule has 2 nitrogen and oxygen atoms in total. The Morgan fingerprint density at radius 1 is 1.44 bits per heavy atom. The number of allylic oxidation sites excluding steroid dienone is 1. The standard InChI is InChI=1S/C11H10BrCl2NO/c12-8-3-4-10(14)9(7-8)11(16)15-6-2-1-5-13/h1-4,7H,5-6H2,(H,15,16)/b2-1+. The minimum Gasteiger partial charge on any atom is -0.349 e. The van der Waals surface area contributed by atoms with Gasteiger partial charge in [0, 0.05) is 16.9 Å². The second kappa shape index (κ2) is 6.94. The molecule has 0 spiro atoms. The summed E-state index contributed by atoms with van der Waals surface area (Å²) in [5.41, 5.74) is 0.454. The molecule has 0 aliphatic carbocycles. The van der Waals surface area contributed by atoms with Crippen LogP contribution in [-0.4, -0.2) is 18.3 Å². The van der Waals surface area contributed by atoms with Gasteiger partial charge >= 0.3 is 0 Å². The fraction of sp³-hybridized carbons (Fsp3) is 0.182. The summed E-state index contributed by atoms with van der Waals surface area (Å²) >= 11 is 14.7. The minimum atomic E-state index is -0.203. The molecule has 16 heavy (non-hydrogen) atoms. The van der Waals surface area contributed by atoms with Crippen molar-refractivity contribution in [2.75, 3.05) is 12.4 Å². The summed E-state index contributed by atoms with van der Waals surface area (Å²) in [5.74, 6) is 0.235. The molecule has 0 bridgehead atoms. The first-order valence-corrected chi connectivity index (χ1v) is 6.30. The Morgan fingerprint density at radius 2 is 2.19 bits per heavy atom. The molecular formula is C11H10BrCl2NO. The van der Waals surface area contributed by atoms with Crippen molar-refractivity contribution in [1.82, 2.24) is 5.32 Å². The maximum atomic E-state index is 11.7. The zero-order valence-corrected chi connectivity index (χ0v) is 11.4. The Labute approximate surface area is 113 Å². The van der Waals surface area contributed by atoms with Gasteiger partial charge in [0.25, 0.3) is 5.91 Å². The first-order valence-electron chi connectivity index (χ1n) is 4.59. The van der Waals surface area contributed by atoms with Crippen molar-refractivity contribution in [3.63, 3.8) is 0 Å². The first kappa shape index (κ1) is 13.6. The van der Waals surface area contributed by atoms with Crippen molar-refractivity contribution in [2.24, 2.45) is 0 Å². The predicted molar refractivity (Wildman–Crippen MR) is 71.3 cm³/mol. The molecule has 0 atom stereocenters. The van der Waals surface area contributed by atoms with Gasteiger partial charge in [0.2, 0.25) is 0 Å². The Bertz CT molecular complexity index is 407. The average molecular weight is 323 g/mol. The zero-order chi connectivity index (χ0) is 12.0. The van der Waals surface area contributed by atoms with Gasteiger partial charge in [-0.25, -0.2) is 0 Å². The van der Waals surface area contributed by atoms with Gasteiger partial charge in [-0.05, 0) is 18.2 Å². The van der Waals surface area contributed by atoms with Crippen LogP contribution in [0.5, 0.6) is 0 Å². The maximum absolute atomic E-state index is 11.7. The number of hydrogen-bond donors (Lipinski definition) is 1. The molecule has 1 N–H and O–H groups in total. The van der Waals surface area contributed by atoms with E-state index in [-0.39, 0.29) is 5.91 Å². The number of hydrogen-bond acceptors (Lipinski definition) is 1. The number of nitrogens with one attached hydrogen (secondary N) is 1. The fourth-order valence-corrected chi connectivity index (χ4v) is 1.76. The number of rotatable bonds is 4. The Morgan fingerprint density at radius 3 is 2.88 bits per heavy atom. The van der Waals surface area contributed by atoms with Crippen LogP contribution in [0.3, 0.4) is 0 Å². The van der Waals surface area contributed by atoms with Crippen LogP contribution in [0, 0.1) is 0 Å². The highest BCUT2D eigenvalue weighted by Crippen LogP contribution is 2.20. The Balaban J connectivity index is 2.65. The molecule has 0 aromatic heterocycles. The van der Waals surface area contributed by atoms with Gasteiger partial charge in [-0.3, -0.25) is 4.79 Å². The molecule has 5 heteroatoms. The van der Waals surface area contributed by atoms with E-state index in [0.717, 1.165) is 4.47 Å². The SMILES string of the molecule is O=C(NC/C=C/CCl)c1cc(Br)ccc1Cl. The molecule has 0 saturated carbocycles. The largest absolute Gasteiger partial charge is 0.349 e. The number of alkyl halides is 1. The van der Waals surface area contributed by atoms with Crippen molar-refractivity contribution in [3.05, 3.63) is 45.4 Å². The van der Waals surface area contributed by atoms with Crippen LogP contribution in [0.15, 0.2) is 34.8 Å². The van der Waals surface area contributed by atoms with Crippen LogP contribution in [0.1, 0.15) is 10.4 Å². The van der Waals surface area contributed by atoms with E-state index in [4.69, 9.17) is 23.2 Å². The van der Waals surface area contributed by atoms with Crippen molar-refractivity contribution < 1.29 is 4.79 Å². The van der Waals surface area contributed by atoms with Crippen molar-refractivity contribution in [1.29, 1.82) is 0 Å². The molecule has 0 aliphatic heterocycles. The summed E-state index contributed by atoms with van der Waals surface area (Å²) in [6.45, 7) is 0.439. The summed E-state index contributed by atoms with van der Waals surface area (Å²) in [7, 11) is 0. The molecule has 0 aliphatic rings. The maximum Gasteiger partial charge on any atom is 0.253 e. The summed E-state index contributed by atoms with van der Waals surface area (Å²) in [6.07, 6.45) is 3.56. The predicted octanol–water partition coefficient (Wildman–Crippen LogP) is 3.63. The second-order valence-corrected chi connectivity index (χ2v) is 4.59. The van der Waals surface area contributed by atoms with Crippen LogP contribution >= 0.6 is 39.1 Å². The van der Waals surface area contributed by atoms with Gasteiger partial charge < -0.3 is 5.32 Å². The van der Waals surface area contributed by atoms with Gasteiger partial charge in [-0.15, -0.1) is 11.6 Å². The van der Waals surface area contributed by atoms with Gasteiger partial charge in [0.05, 0.1) is 10.6 Å². The average Bonchev–Trinajstić information content (AvgIpc) is 2.27. The van der Waals surface area contributed by atoms with Gasteiger partial charge in [-0.2, -0.15) is 0 Å². The number of benzene rings is 1. The lowest BCUT2D eigenvalue weighted by molar-refractivity contribution is 0.0958. The summed E-state index contributed by atoms with van der Waals surface area (Å²) in [6, 6.07) is 5.14. The van der Waals surface area contributed by atoms with E-state index in [1.807, 2.05) is 0 Å². The minimum absolute atomic E-state index is 0.203. The summed E-state index contributed by atoms with van der Waals surface area (Å²) in [4.78, 5) is 11.7. The molecular weight excluding hydrogens is 313 g/mol. The molecule has 1 aromatic carbocycles. The highest BCUT2D eigenvalue weighted by molar-refractivity contribution is 9.10. The van der Waals surface area contributed by atoms with Crippen LogP contribution in [0.2, 0.25) is 5.02 Å². The third-order valence-electron chi connectivity index (χ3n) is 1.81. The van der Waals surface area contributed by atoms with E-state index in [2.05, 4.69) is 21.2 Å². The van der Waals surface area contributed by atoms with Crippen molar-refractivity contribution in [2.45, 2.75) is 0 Å². The van der Waals surface area contributed by atoms with Crippen molar-refractivity contribution in [3.8, 4) is 0 Å². The lowest BCUT2D eigenvalue weighted by Crippen LogP contribution is -2.23. The Kier molecular flexibility index (Phi) is 5.88. The fourth-order valence-electron chi connectivity index (χ4n) is 1.06. The lowest BCUT2D eigenvalue weighted by Gasteiger charge is -2.04. The first-order chi connectivity index (χ1) is 7.65. The van der Waals surface area contributed by atoms with E-state index >= 15 is 0 Å². The Hall–Kier alpha value is -0.510. The molecule has 1 amide bonds. The molecule has 0 fully saturated rings. The van der Waals surface area contributed by atoms with Gasteiger partial charge in [0.15, 0.2) is 0 Å². The van der Waals surface area contributed by atoms with Crippen LogP contribution < -0.4 is 5.32 Å². The molecule has 0 saturated heterocycles. The summed E-state index contributed by atoms with van der Waals surface area (Å²) < 4.78 is 0.818. The van der Waals surface area contributed by atoms with Gasteiger partial charge in [-0.1, -0.05) is 39.7 Å². The lowest BCUT2D eigenvalue weighted by atomic mass is 10.2. The highest BCUT2D eigenvalue weighted by Gasteiger charge is 2.09. The van der Waals surface area contributed by atoms with Gasteiger partial charge in [0.1, 0.15) is 0 Å². The third-order valence-corrected chi connectivity index (χ3v) is 2.81. The number of carbonyl (C=O) groups is 1. The smallest absolute Gasteiger partial charge is 0.253 e. The topological polar surface area (TPSA) is 29.1 Å². The monoisotopic (exact) mass is 321 g/mol. The molecule has 86 valence electrons. The van der Waals surface area contributed by atoms with Crippen molar-refractivity contribution >= 4 is 45.0 Å². The molecule has 0 radical (unpaired) electrons. The molecule has 0 heterocycles. The number of amides is 1. The van der Waals surface area contributed by atoms with E-state index in [1.165, 1.54) is 0 Å². The zero-order valence-electron chi connectivity index (χ0n) is 8.34.